The lowest BCUT2D eigenvalue weighted by molar-refractivity contribution is -0.117. The lowest BCUT2D eigenvalue weighted by Gasteiger charge is -2.46. The highest BCUT2D eigenvalue weighted by molar-refractivity contribution is 5.92. The standard InChI is InChI=1S/C25H37N3O3/c1-5-31-25(30)28-22-8-9-23(28)16-24(15-22)26-12-10-20(11-13-26)27(19(4)29)21-7-6-17(2)18(3)14-21/h6-7,14,20,22-24H,5,8-13,15-16H2,1-4H3. The van der Waals surface area contributed by atoms with Crippen LogP contribution in [0.4, 0.5) is 10.5 Å². The molecule has 2 amide bonds. The Morgan fingerprint density at radius 1 is 1.00 bits per heavy atom. The van der Waals surface area contributed by atoms with Crippen LogP contribution in [-0.2, 0) is 9.53 Å². The molecule has 1 aromatic rings. The molecule has 0 saturated carbocycles. The summed E-state index contributed by atoms with van der Waals surface area (Å²) >= 11 is 0. The molecule has 2 unspecified atom stereocenters. The van der Waals surface area contributed by atoms with E-state index in [1.807, 2.05) is 16.7 Å². The molecule has 0 radical (unpaired) electrons. The molecule has 31 heavy (non-hydrogen) atoms. The van der Waals surface area contributed by atoms with Crippen molar-refractivity contribution >= 4 is 17.7 Å². The number of amides is 2. The second-order valence-corrected chi connectivity index (χ2v) is 9.54. The van der Waals surface area contributed by atoms with Crippen LogP contribution in [0.2, 0.25) is 0 Å². The molecule has 4 rings (SSSR count). The smallest absolute Gasteiger partial charge is 0.410 e. The number of carbonyl (C=O) groups excluding carboxylic acids is 2. The Kier molecular flexibility index (Phi) is 6.56. The topological polar surface area (TPSA) is 53.1 Å². The maximum absolute atomic E-state index is 12.5. The molecular formula is C25H37N3O3. The van der Waals surface area contributed by atoms with Crippen molar-refractivity contribution in [2.75, 3.05) is 24.6 Å². The Hall–Kier alpha value is -2.08. The molecule has 2 bridgehead atoms. The van der Waals surface area contributed by atoms with Crippen molar-refractivity contribution < 1.29 is 14.3 Å². The highest BCUT2D eigenvalue weighted by Gasteiger charge is 2.46. The summed E-state index contributed by atoms with van der Waals surface area (Å²) in [5.74, 6) is 0.127. The number of fused-ring (bicyclic) bond motifs is 2. The minimum atomic E-state index is -0.127. The predicted octanol–water partition coefficient (Wildman–Crippen LogP) is 4.27. The van der Waals surface area contributed by atoms with Gasteiger partial charge in [0.25, 0.3) is 0 Å². The number of piperidine rings is 2. The van der Waals surface area contributed by atoms with E-state index >= 15 is 0 Å². The van der Waals surface area contributed by atoms with Crippen molar-refractivity contribution in [3.05, 3.63) is 29.3 Å². The highest BCUT2D eigenvalue weighted by Crippen LogP contribution is 2.39. The largest absolute Gasteiger partial charge is 0.450 e. The number of ether oxygens (including phenoxy) is 1. The monoisotopic (exact) mass is 427 g/mol. The third kappa shape index (κ3) is 4.45. The van der Waals surface area contributed by atoms with Crippen LogP contribution in [0.15, 0.2) is 18.2 Å². The summed E-state index contributed by atoms with van der Waals surface area (Å²) in [6.45, 7) is 10.3. The van der Waals surface area contributed by atoms with E-state index in [0.717, 1.165) is 57.3 Å². The van der Waals surface area contributed by atoms with Crippen molar-refractivity contribution in [2.24, 2.45) is 0 Å². The third-order valence-corrected chi connectivity index (χ3v) is 7.68. The van der Waals surface area contributed by atoms with E-state index in [9.17, 15) is 9.59 Å². The van der Waals surface area contributed by atoms with Gasteiger partial charge in [0.2, 0.25) is 5.91 Å². The van der Waals surface area contributed by atoms with Crippen LogP contribution in [0, 0.1) is 13.8 Å². The second kappa shape index (κ2) is 9.19. The van der Waals surface area contributed by atoms with Crippen molar-refractivity contribution in [2.45, 2.75) is 90.4 Å². The van der Waals surface area contributed by atoms with Gasteiger partial charge in [-0.05, 0) is 82.6 Å². The molecule has 6 nitrogen and oxygen atoms in total. The molecule has 170 valence electrons. The van der Waals surface area contributed by atoms with E-state index in [-0.39, 0.29) is 18.0 Å². The Bertz CT molecular complexity index is 804. The fourth-order valence-electron chi connectivity index (χ4n) is 5.98. The van der Waals surface area contributed by atoms with Gasteiger partial charge in [0.05, 0.1) is 6.61 Å². The van der Waals surface area contributed by atoms with Crippen LogP contribution in [0.25, 0.3) is 0 Å². The van der Waals surface area contributed by atoms with Gasteiger partial charge in [-0.25, -0.2) is 4.79 Å². The van der Waals surface area contributed by atoms with Crippen LogP contribution < -0.4 is 4.90 Å². The first kappa shape index (κ1) is 22.1. The Balaban J connectivity index is 1.38. The lowest BCUT2D eigenvalue weighted by atomic mass is 9.93. The molecule has 2 atom stereocenters. The van der Waals surface area contributed by atoms with Gasteiger partial charge >= 0.3 is 6.09 Å². The number of benzene rings is 1. The molecule has 3 aliphatic rings. The molecule has 0 aromatic heterocycles. The highest BCUT2D eigenvalue weighted by atomic mass is 16.6. The van der Waals surface area contributed by atoms with E-state index in [0.29, 0.717) is 24.7 Å². The van der Waals surface area contributed by atoms with Gasteiger partial charge in [-0.2, -0.15) is 0 Å². The zero-order valence-electron chi connectivity index (χ0n) is 19.5. The maximum Gasteiger partial charge on any atom is 0.410 e. The summed E-state index contributed by atoms with van der Waals surface area (Å²) < 4.78 is 5.30. The first-order valence-corrected chi connectivity index (χ1v) is 11.9. The minimum Gasteiger partial charge on any atom is -0.450 e. The van der Waals surface area contributed by atoms with Crippen LogP contribution >= 0.6 is 0 Å². The first-order chi connectivity index (χ1) is 14.9. The van der Waals surface area contributed by atoms with Gasteiger partial charge in [0.1, 0.15) is 0 Å². The number of aryl methyl sites for hydroxylation is 2. The van der Waals surface area contributed by atoms with Gasteiger partial charge in [0, 0.05) is 49.9 Å². The molecule has 6 heteroatoms. The first-order valence-electron chi connectivity index (χ1n) is 11.9. The van der Waals surface area contributed by atoms with Gasteiger partial charge in [-0.1, -0.05) is 6.07 Å². The van der Waals surface area contributed by atoms with Gasteiger partial charge < -0.3 is 19.4 Å². The summed E-state index contributed by atoms with van der Waals surface area (Å²) in [4.78, 5) is 31.5. The molecule has 3 saturated heterocycles. The van der Waals surface area contributed by atoms with E-state index < -0.39 is 0 Å². The average Bonchev–Trinajstić information content (AvgIpc) is 3.01. The number of likely N-dealkylation sites (tertiary alicyclic amines) is 1. The van der Waals surface area contributed by atoms with Gasteiger partial charge in [-0.15, -0.1) is 0 Å². The van der Waals surface area contributed by atoms with Crippen molar-refractivity contribution in [3.8, 4) is 0 Å². The molecule has 3 aliphatic heterocycles. The predicted molar refractivity (Wildman–Crippen MR) is 122 cm³/mol. The molecule has 0 aliphatic carbocycles. The number of hydrogen-bond acceptors (Lipinski definition) is 4. The Labute approximate surface area is 186 Å². The van der Waals surface area contributed by atoms with Crippen LogP contribution in [0.5, 0.6) is 0 Å². The summed E-state index contributed by atoms with van der Waals surface area (Å²) in [5, 5.41) is 0. The van der Waals surface area contributed by atoms with E-state index in [4.69, 9.17) is 4.74 Å². The minimum absolute atomic E-state index is 0.127. The van der Waals surface area contributed by atoms with Gasteiger partial charge in [0.15, 0.2) is 0 Å². The zero-order valence-corrected chi connectivity index (χ0v) is 19.5. The van der Waals surface area contributed by atoms with Crippen molar-refractivity contribution in [1.82, 2.24) is 9.80 Å². The molecule has 1 aromatic carbocycles. The van der Waals surface area contributed by atoms with Crippen molar-refractivity contribution in [3.63, 3.8) is 0 Å². The number of nitrogens with zero attached hydrogens (tertiary/aromatic N) is 3. The number of hydrogen-bond donors (Lipinski definition) is 0. The molecule has 0 spiro atoms. The quantitative estimate of drug-likeness (QED) is 0.720. The number of rotatable bonds is 4. The fraction of sp³-hybridized carbons (Fsp3) is 0.680. The molecule has 3 fully saturated rings. The van der Waals surface area contributed by atoms with E-state index in [1.54, 1.807) is 6.92 Å². The summed E-state index contributed by atoms with van der Waals surface area (Å²) in [5.41, 5.74) is 3.51. The summed E-state index contributed by atoms with van der Waals surface area (Å²) in [7, 11) is 0. The normalized spacial score (nSPS) is 26.7. The average molecular weight is 428 g/mol. The third-order valence-electron chi connectivity index (χ3n) is 7.68. The number of anilines is 1. The van der Waals surface area contributed by atoms with E-state index in [2.05, 4.69) is 36.9 Å². The zero-order chi connectivity index (χ0) is 22.1. The number of carbonyl (C=O) groups is 2. The fourth-order valence-corrected chi connectivity index (χ4v) is 5.98. The lowest BCUT2D eigenvalue weighted by Crippen LogP contribution is -2.55. The van der Waals surface area contributed by atoms with Gasteiger partial charge in [-0.3, -0.25) is 4.79 Å². The SMILES string of the molecule is CCOC(=O)N1C2CCC1CC(N1CCC(N(C(C)=O)c3ccc(C)c(C)c3)CC1)C2. The second-order valence-electron chi connectivity index (χ2n) is 9.54. The van der Waals surface area contributed by atoms with E-state index in [1.165, 1.54) is 11.1 Å². The maximum atomic E-state index is 12.5. The Morgan fingerprint density at radius 2 is 1.65 bits per heavy atom. The van der Waals surface area contributed by atoms with Crippen LogP contribution in [0.1, 0.15) is 63.5 Å². The van der Waals surface area contributed by atoms with Crippen molar-refractivity contribution in [1.29, 1.82) is 0 Å². The van der Waals surface area contributed by atoms with Crippen LogP contribution in [-0.4, -0.2) is 65.7 Å². The van der Waals surface area contributed by atoms with Crippen LogP contribution in [0.3, 0.4) is 0 Å². The molecule has 0 N–H and O–H groups in total. The Morgan fingerprint density at radius 3 is 2.19 bits per heavy atom. The summed E-state index contributed by atoms with van der Waals surface area (Å²) in [6, 6.07) is 7.78. The molecule has 3 heterocycles. The summed E-state index contributed by atoms with van der Waals surface area (Å²) in [6.07, 6.45) is 6.17. The molecular weight excluding hydrogens is 390 g/mol.